The summed E-state index contributed by atoms with van der Waals surface area (Å²) in [7, 11) is 1.62. The number of piperazine rings is 1. The Hall–Kier alpha value is -1.39. The average molecular weight is 362 g/mol. The van der Waals surface area contributed by atoms with Gasteiger partial charge in [-0.3, -0.25) is 4.90 Å². The summed E-state index contributed by atoms with van der Waals surface area (Å²) < 4.78 is 16.3. The van der Waals surface area contributed by atoms with Crippen LogP contribution < -0.4 is 19.5 Å². The van der Waals surface area contributed by atoms with E-state index in [9.17, 15) is 0 Å². The van der Waals surface area contributed by atoms with E-state index in [1.54, 1.807) is 7.11 Å². The van der Waals surface area contributed by atoms with Crippen molar-refractivity contribution in [3.8, 4) is 23.3 Å². The van der Waals surface area contributed by atoms with Crippen molar-refractivity contribution < 1.29 is 14.2 Å². The van der Waals surface area contributed by atoms with Gasteiger partial charge in [-0.15, -0.1) is 24.8 Å². The van der Waals surface area contributed by atoms with Crippen LogP contribution in [0.4, 0.5) is 0 Å². The molecule has 0 aliphatic carbocycles. The maximum atomic E-state index is 9.17. The predicted molar refractivity (Wildman–Crippen MR) is 91.0 cm³/mol. The molecule has 1 fully saturated rings. The topological polar surface area (TPSA) is 66.8 Å². The summed E-state index contributed by atoms with van der Waals surface area (Å²) in [5.41, 5.74) is 1.04. The molecule has 0 saturated carbocycles. The molecule has 0 bridgehead atoms. The van der Waals surface area contributed by atoms with Crippen LogP contribution in [0.5, 0.6) is 17.2 Å². The molecule has 1 saturated heterocycles. The van der Waals surface area contributed by atoms with Crippen molar-refractivity contribution in [3.63, 3.8) is 0 Å². The zero-order valence-corrected chi connectivity index (χ0v) is 14.5. The smallest absolute Gasteiger partial charge is 0.231 e. The SMILES string of the molecule is COc1cc([C@@H](CC#N)N2CCNCC2)cc2c1OCO2.Cl.Cl. The number of nitriles is 1. The summed E-state index contributed by atoms with van der Waals surface area (Å²) in [6.07, 6.45) is 0.447. The van der Waals surface area contributed by atoms with Crippen molar-refractivity contribution in [2.45, 2.75) is 12.5 Å². The first-order valence-electron chi connectivity index (χ1n) is 7.12. The Kier molecular flexibility index (Phi) is 7.73. The molecule has 128 valence electrons. The maximum absolute atomic E-state index is 9.17. The van der Waals surface area contributed by atoms with Crippen molar-refractivity contribution in [2.75, 3.05) is 40.1 Å². The largest absolute Gasteiger partial charge is 0.493 e. The van der Waals surface area contributed by atoms with E-state index in [4.69, 9.17) is 19.5 Å². The Bertz CT molecular complexity index is 560. The summed E-state index contributed by atoms with van der Waals surface area (Å²) >= 11 is 0. The van der Waals surface area contributed by atoms with Gasteiger partial charge in [0.2, 0.25) is 12.5 Å². The molecule has 8 heteroatoms. The summed E-state index contributed by atoms with van der Waals surface area (Å²) in [5.74, 6) is 2.01. The first-order valence-corrected chi connectivity index (χ1v) is 7.12. The van der Waals surface area contributed by atoms with Crippen LogP contribution >= 0.6 is 24.8 Å². The lowest BCUT2D eigenvalue weighted by Crippen LogP contribution is -2.45. The fourth-order valence-electron chi connectivity index (χ4n) is 2.88. The van der Waals surface area contributed by atoms with E-state index in [-0.39, 0.29) is 37.6 Å². The molecule has 1 aromatic carbocycles. The first-order chi connectivity index (χ1) is 10.3. The maximum Gasteiger partial charge on any atom is 0.231 e. The number of ether oxygens (including phenoxy) is 3. The van der Waals surface area contributed by atoms with E-state index in [2.05, 4.69) is 16.3 Å². The zero-order chi connectivity index (χ0) is 14.7. The Balaban J connectivity index is 0.00000132. The monoisotopic (exact) mass is 361 g/mol. The van der Waals surface area contributed by atoms with Gasteiger partial charge in [-0.25, -0.2) is 0 Å². The Morgan fingerprint density at radius 1 is 1.30 bits per heavy atom. The van der Waals surface area contributed by atoms with E-state index in [0.29, 0.717) is 23.7 Å². The van der Waals surface area contributed by atoms with Gasteiger partial charge in [-0.05, 0) is 17.7 Å². The van der Waals surface area contributed by atoms with Crippen LogP contribution in [0.1, 0.15) is 18.0 Å². The fraction of sp³-hybridized carbons (Fsp3) is 0.533. The first kappa shape index (κ1) is 19.7. The lowest BCUT2D eigenvalue weighted by atomic mass is 10.0. The van der Waals surface area contributed by atoms with Crippen molar-refractivity contribution in [1.29, 1.82) is 5.26 Å². The number of methoxy groups -OCH3 is 1. The lowest BCUT2D eigenvalue weighted by Gasteiger charge is -2.34. The molecule has 1 aromatic rings. The highest BCUT2D eigenvalue weighted by atomic mass is 35.5. The number of benzene rings is 1. The van der Waals surface area contributed by atoms with Crippen LogP contribution in [0, 0.1) is 11.3 Å². The molecule has 3 rings (SSSR count). The van der Waals surface area contributed by atoms with Gasteiger partial charge in [0.15, 0.2) is 11.5 Å². The van der Waals surface area contributed by atoms with Crippen LogP contribution in [0.2, 0.25) is 0 Å². The molecule has 0 radical (unpaired) electrons. The van der Waals surface area contributed by atoms with Crippen molar-refractivity contribution >= 4 is 24.8 Å². The van der Waals surface area contributed by atoms with Crippen LogP contribution in [0.25, 0.3) is 0 Å². The molecular weight excluding hydrogens is 341 g/mol. The lowest BCUT2D eigenvalue weighted by molar-refractivity contribution is 0.170. The van der Waals surface area contributed by atoms with E-state index in [1.807, 2.05) is 12.1 Å². The number of nitrogens with zero attached hydrogens (tertiary/aromatic N) is 2. The standard InChI is InChI=1S/C15H19N3O3.2ClH/c1-19-13-8-11(9-14-15(13)21-10-20-14)12(2-3-16)18-6-4-17-5-7-18;;/h8-9,12,17H,2,4-7,10H2,1H3;2*1H/t12-;;/m1../s1. The third-order valence-electron chi connectivity index (χ3n) is 3.94. The second-order valence-electron chi connectivity index (χ2n) is 5.12. The van der Waals surface area contributed by atoms with Crippen LogP contribution in [0.15, 0.2) is 12.1 Å². The third kappa shape index (κ3) is 4.12. The van der Waals surface area contributed by atoms with E-state index < -0.39 is 0 Å². The number of nitrogens with one attached hydrogen (secondary N) is 1. The normalized spacial score (nSPS) is 17.4. The fourth-order valence-corrected chi connectivity index (χ4v) is 2.88. The highest BCUT2D eigenvalue weighted by Crippen LogP contribution is 2.44. The highest BCUT2D eigenvalue weighted by molar-refractivity contribution is 5.85. The Labute approximate surface area is 148 Å². The molecule has 1 atom stereocenters. The minimum Gasteiger partial charge on any atom is -0.493 e. The second-order valence-corrected chi connectivity index (χ2v) is 5.12. The number of hydrogen-bond acceptors (Lipinski definition) is 6. The van der Waals surface area contributed by atoms with Gasteiger partial charge in [0.05, 0.1) is 19.6 Å². The molecule has 0 unspecified atom stereocenters. The number of halogens is 2. The van der Waals surface area contributed by atoms with Gasteiger partial charge >= 0.3 is 0 Å². The van der Waals surface area contributed by atoms with Gasteiger partial charge < -0.3 is 19.5 Å². The summed E-state index contributed by atoms with van der Waals surface area (Å²) in [4.78, 5) is 2.33. The van der Waals surface area contributed by atoms with Gasteiger partial charge in [0.25, 0.3) is 0 Å². The van der Waals surface area contributed by atoms with E-state index in [1.165, 1.54) is 0 Å². The van der Waals surface area contributed by atoms with Crippen molar-refractivity contribution in [3.05, 3.63) is 17.7 Å². The zero-order valence-electron chi connectivity index (χ0n) is 12.9. The minimum absolute atomic E-state index is 0. The van der Waals surface area contributed by atoms with Gasteiger partial charge in [-0.2, -0.15) is 5.26 Å². The van der Waals surface area contributed by atoms with Crippen LogP contribution in [-0.4, -0.2) is 45.0 Å². The Morgan fingerprint density at radius 3 is 2.70 bits per heavy atom. The molecule has 2 aliphatic rings. The number of fused-ring (bicyclic) bond motifs is 1. The molecule has 2 aliphatic heterocycles. The predicted octanol–water partition coefficient (Wildman–Crippen LogP) is 2.13. The van der Waals surface area contributed by atoms with E-state index >= 15 is 0 Å². The minimum atomic E-state index is 0. The molecule has 0 aromatic heterocycles. The number of rotatable bonds is 4. The summed E-state index contributed by atoms with van der Waals surface area (Å²) in [5, 5.41) is 12.5. The summed E-state index contributed by atoms with van der Waals surface area (Å²) in [6.45, 7) is 3.98. The third-order valence-corrected chi connectivity index (χ3v) is 3.94. The molecular formula is C15H21Cl2N3O3. The van der Waals surface area contributed by atoms with Gasteiger partial charge in [0.1, 0.15) is 0 Å². The number of hydrogen-bond donors (Lipinski definition) is 1. The van der Waals surface area contributed by atoms with Gasteiger partial charge in [-0.1, -0.05) is 0 Å². The quantitative estimate of drug-likeness (QED) is 0.885. The molecule has 2 heterocycles. The Morgan fingerprint density at radius 2 is 2.04 bits per heavy atom. The van der Waals surface area contributed by atoms with Crippen molar-refractivity contribution in [2.24, 2.45) is 0 Å². The van der Waals surface area contributed by atoms with E-state index in [0.717, 1.165) is 31.7 Å². The highest BCUT2D eigenvalue weighted by Gasteiger charge is 2.27. The summed E-state index contributed by atoms with van der Waals surface area (Å²) in [6, 6.07) is 6.27. The molecule has 1 N–H and O–H groups in total. The molecule has 0 spiro atoms. The van der Waals surface area contributed by atoms with Crippen LogP contribution in [0.3, 0.4) is 0 Å². The second kappa shape index (κ2) is 9.04. The molecule has 6 nitrogen and oxygen atoms in total. The van der Waals surface area contributed by atoms with Gasteiger partial charge in [0, 0.05) is 32.2 Å². The molecule has 23 heavy (non-hydrogen) atoms. The van der Waals surface area contributed by atoms with Crippen LogP contribution in [-0.2, 0) is 0 Å². The van der Waals surface area contributed by atoms with Crippen molar-refractivity contribution in [1.82, 2.24) is 10.2 Å². The average Bonchev–Trinajstić information content (AvgIpc) is 3.01. The molecule has 0 amide bonds.